The molecule has 94 heavy (non-hydrogen) atoms. The first-order valence-corrected chi connectivity index (χ1v) is 36.4. The highest BCUT2D eigenvalue weighted by Crippen LogP contribution is 2.36. The molecule has 25 heteroatoms. The Bertz CT molecular complexity index is 3450. The lowest BCUT2D eigenvalue weighted by Gasteiger charge is -2.41. The van der Waals surface area contributed by atoms with Crippen LogP contribution in [-0.4, -0.2) is 189 Å². The van der Waals surface area contributed by atoms with Crippen LogP contribution in [0.3, 0.4) is 0 Å². The van der Waals surface area contributed by atoms with Gasteiger partial charge in [-0.2, -0.15) is 0 Å². The Labute approximate surface area is 563 Å². The highest BCUT2D eigenvalue weighted by Gasteiger charge is 2.45. The number of hydrogen-bond acceptors (Lipinski definition) is 17. The number of nitrogens with one attached hydrogen (secondary N) is 4. The average molecular weight is 1350 g/mol. The van der Waals surface area contributed by atoms with Crippen LogP contribution in [0.15, 0.2) is 88.7 Å². The molecule has 2 saturated heterocycles. The summed E-state index contributed by atoms with van der Waals surface area (Å²) in [6.07, 6.45) is 14.0. The monoisotopic (exact) mass is 1350 g/mol. The second kappa shape index (κ2) is 33.4. The summed E-state index contributed by atoms with van der Waals surface area (Å²) < 4.78 is 46.4. The van der Waals surface area contributed by atoms with Crippen LogP contribution in [-0.2, 0) is 61.4 Å². The van der Waals surface area contributed by atoms with Crippen molar-refractivity contribution in [3.63, 3.8) is 0 Å². The molecule has 4 heterocycles. The first kappa shape index (κ1) is 73.2. The number of ether oxygens (including phenoxy) is 3. The fraction of sp³-hybridized carbons (Fsp3) is 0.580. The number of likely N-dealkylation sites (tertiary alicyclic amines) is 2. The molecule has 3 fully saturated rings. The summed E-state index contributed by atoms with van der Waals surface area (Å²) in [7, 11) is 4.31. The zero-order chi connectivity index (χ0) is 68.1. The average Bonchev–Trinajstić information content (AvgIpc) is 1.35. The van der Waals surface area contributed by atoms with E-state index in [4.69, 9.17) is 24.2 Å². The van der Waals surface area contributed by atoms with Crippen LogP contribution in [0.25, 0.3) is 11.0 Å². The Morgan fingerprint density at radius 2 is 1.44 bits per heavy atom. The van der Waals surface area contributed by atoms with Crippen LogP contribution < -0.4 is 25.4 Å². The van der Waals surface area contributed by atoms with E-state index < -0.39 is 81.5 Å². The van der Waals surface area contributed by atoms with Gasteiger partial charge in [0.15, 0.2) is 0 Å². The van der Waals surface area contributed by atoms with Crippen LogP contribution in [0.2, 0.25) is 0 Å². The number of rotatable bonds is 27. The molecular formula is C69H96N10O12S3. The quantitative estimate of drug-likeness (QED) is 0.0564. The number of piperidine rings is 1. The molecule has 0 unspecified atom stereocenters. The van der Waals surface area contributed by atoms with Crippen LogP contribution in [0, 0.1) is 29.6 Å². The van der Waals surface area contributed by atoms with Crippen molar-refractivity contribution < 1.29 is 56.2 Å². The van der Waals surface area contributed by atoms with Gasteiger partial charge in [0.05, 0.1) is 70.3 Å². The van der Waals surface area contributed by atoms with Gasteiger partial charge in [0.1, 0.15) is 17.8 Å². The van der Waals surface area contributed by atoms with E-state index >= 15 is 0 Å². The summed E-state index contributed by atoms with van der Waals surface area (Å²) in [6, 6.07) is 8.06. The van der Waals surface area contributed by atoms with Crippen molar-refractivity contribution in [2.24, 2.45) is 29.6 Å². The van der Waals surface area contributed by atoms with Crippen LogP contribution in [0.4, 0.5) is 4.79 Å². The lowest BCUT2D eigenvalue weighted by molar-refractivity contribution is -0.148. The van der Waals surface area contributed by atoms with Crippen molar-refractivity contribution in [2.45, 2.75) is 165 Å². The van der Waals surface area contributed by atoms with Gasteiger partial charge in [0, 0.05) is 80.7 Å². The smallest absolute Gasteiger partial charge is 0.410 e. The number of likely N-dealkylation sites (N-methyl/N-ethyl adjacent to an activating group) is 2. The molecule has 2 bridgehead atoms. The molecule has 1 saturated carbocycles. The van der Waals surface area contributed by atoms with Crippen molar-refractivity contribution in [1.29, 1.82) is 0 Å². The van der Waals surface area contributed by atoms with Gasteiger partial charge in [-0.3, -0.25) is 38.4 Å². The van der Waals surface area contributed by atoms with Crippen molar-refractivity contribution in [3.05, 3.63) is 111 Å². The van der Waals surface area contributed by atoms with Gasteiger partial charge in [-0.25, -0.2) is 23.2 Å². The lowest BCUT2D eigenvalue weighted by atomic mass is 9.89. The van der Waals surface area contributed by atoms with E-state index in [9.17, 15) is 42.0 Å². The minimum Gasteiger partial charge on any atom is -0.410 e. The molecular weight excluding hydrogens is 1260 g/mol. The van der Waals surface area contributed by atoms with Gasteiger partial charge >= 0.3 is 6.09 Å². The summed E-state index contributed by atoms with van der Waals surface area (Å²) in [5, 5.41) is 8.21. The zero-order valence-corrected chi connectivity index (χ0v) is 58.9. The summed E-state index contributed by atoms with van der Waals surface area (Å²) in [6.45, 7) is 15.0. The third-order valence-electron chi connectivity index (χ3n) is 18.6. The van der Waals surface area contributed by atoms with E-state index in [1.165, 1.54) is 14.2 Å². The Hall–Kier alpha value is -6.64. The van der Waals surface area contributed by atoms with E-state index in [0.29, 0.717) is 99.3 Å². The molecule has 0 radical (unpaired) electrons. The number of methoxy groups -OCH3 is 2. The lowest BCUT2D eigenvalue weighted by Crippen LogP contribution is -2.59. The molecule has 2 aromatic carbocycles. The number of hydrogen-bond donors (Lipinski definition) is 4. The van der Waals surface area contributed by atoms with E-state index in [1.807, 2.05) is 84.8 Å². The third-order valence-corrected chi connectivity index (χ3v) is 22.5. The topological polar surface area (TPSA) is 268 Å². The molecule has 1 aromatic heterocycles. The van der Waals surface area contributed by atoms with Gasteiger partial charge in [-0.1, -0.05) is 85.2 Å². The molecule has 512 valence electrons. The molecule has 4 N–H and O–H groups in total. The number of sulfonamides is 1. The zero-order valence-electron chi connectivity index (χ0n) is 56.4. The van der Waals surface area contributed by atoms with Crippen molar-refractivity contribution in [3.8, 4) is 5.75 Å². The molecule has 2 aliphatic carbocycles. The molecule has 9 atom stereocenters. The summed E-state index contributed by atoms with van der Waals surface area (Å²) in [5.41, 5.74) is 4.24. The number of allylic oxidation sites excluding steroid dienone is 6. The van der Waals surface area contributed by atoms with Gasteiger partial charge in [-0.05, 0) is 130 Å². The standard InChI is InChI=1S/C69H96N10O12S3/c1-13-43(6)62(77(10)68(85)60(41(2)3)74-67(84)61(42(4)5)76(8)9)58(89-11)37-59(80)79-31-17-20-57(79)63(90-12)44(7)64(81)73-54(66(83)75-94(87,88)51-26-27-51)34-45-21-24-48(25-22-45)91-69(86)78-32-29-46(30-33-78)38-70-65(82)47-23-28-52-53(35-47)72-56-40-93-50-19-16-14-15-18-49(36-50)92-39-55(56)71-52/h14-16,18-19,21-25,28,35-36,41-44,46,51,54,57-58,60-63H,13,17,20,26-27,29-34,37-40H2,1-12H3,(H,70,82)(H,73,81)(H,74,84)(H,75,83)/b15-14?,16-14-,18-15+,19-16?,49-18?,49-36?,50-19?,50-36?/t43-,44+,54-,57-,58+,60-,61-,62-,63+/m0/s1. The number of benzene rings is 2. The summed E-state index contributed by atoms with van der Waals surface area (Å²) >= 11 is 3.43. The van der Waals surface area contributed by atoms with Gasteiger partial charge in [0.2, 0.25) is 33.7 Å². The molecule has 3 aliphatic heterocycles. The normalized spacial score (nSPS) is 20.2. The van der Waals surface area contributed by atoms with Crippen LogP contribution >= 0.6 is 23.5 Å². The van der Waals surface area contributed by atoms with Crippen LogP contribution in [0.1, 0.15) is 127 Å². The predicted octanol–water partition coefficient (Wildman–Crippen LogP) is 7.93. The third kappa shape index (κ3) is 18.9. The number of thioether (sulfide) groups is 2. The Balaban J connectivity index is 0.849. The number of carbonyl (C=O) groups excluding carboxylic acids is 7. The van der Waals surface area contributed by atoms with Crippen molar-refractivity contribution in [1.82, 2.24) is 50.2 Å². The second-order valence-corrected chi connectivity index (χ2v) is 30.4. The first-order valence-electron chi connectivity index (χ1n) is 32.9. The van der Waals surface area contributed by atoms with E-state index in [2.05, 4.69) is 38.9 Å². The number of aromatic nitrogens is 2. The highest BCUT2D eigenvalue weighted by molar-refractivity contribution is 8.03. The maximum Gasteiger partial charge on any atom is 0.415 e. The number of carbonyl (C=O) groups is 7. The van der Waals surface area contributed by atoms with E-state index in [1.54, 1.807) is 88.6 Å². The maximum absolute atomic E-state index is 14.6. The van der Waals surface area contributed by atoms with Crippen molar-refractivity contribution >= 4 is 86.1 Å². The largest absolute Gasteiger partial charge is 0.415 e. The van der Waals surface area contributed by atoms with Gasteiger partial charge in [-0.15, -0.1) is 23.5 Å². The second-order valence-electron chi connectivity index (χ2n) is 26.4. The van der Waals surface area contributed by atoms with Gasteiger partial charge < -0.3 is 44.9 Å². The first-order chi connectivity index (χ1) is 44.8. The number of fused-ring (bicyclic) bond motifs is 3. The van der Waals surface area contributed by atoms with E-state index in [-0.39, 0.29) is 65.9 Å². The summed E-state index contributed by atoms with van der Waals surface area (Å²) in [5.74, 6) is -2.14. The van der Waals surface area contributed by atoms with Gasteiger partial charge in [0.25, 0.3) is 11.8 Å². The predicted molar refractivity (Wildman–Crippen MR) is 367 cm³/mol. The van der Waals surface area contributed by atoms with Crippen LogP contribution in [0.5, 0.6) is 5.75 Å². The summed E-state index contributed by atoms with van der Waals surface area (Å²) in [4.78, 5) is 117. The molecule has 3 aromatic rings. The fourth-order valence-corrected chi connectivity index (χ4v) is 16.2. The number of nitrogens with zero attached hydrogens (tertiary/aromatic N) is 6. The molecule has 7 amide bonds. The molecule has 0 spiro atoms. The van der Waals surface area contributed by atoms with E-state index in [0.717, 1.165) is 26.7 Å². The Morgan fingerprint density at radius 3 is 2.06 bits per heavy atom. The molecule has 22 nitrogen and oxygen atoms in total. The molecule has 5 aliphatic rings. The Morgan fingerprint density at radius 1 is 0.755 bits per heavy atom. The Kier molecular flexibility index (Phi) is 26.0. The highest BCUT2D eigenvalue weighted by atomic mass is 32.2. The SMILES string of the molecule is CC[C@H](C)[C@@H]([C@@H](CC(=O)N1CCC[C@H]1[C@H](OC)[C@@H](C)C(=O)N[C@@H](Cc1ccc(OC(=O)N2CCC(CNC(=O)c3ccc4nc5c(nc4c3)CSC3=C/C=C\C=C\C(=C3)SC5)CC2)cc1)C(=O)NS(=O)(=O)C1CC1)OC)N(C)C(=O)[C@@H](NC(=O)[C@H](C(C)C)N(C)C)C(C)C. The molecule has 8 rings (SSSR count). The minimum absolute atomic E-state index is 0.00890. The number of amides is 7. The maximum atomic E-state index is 14.6. The fourth-order valence-electron chi connectivity index (χ4n) is 12.9. The minimum atomic E-state index is -4.02. The van der Waals surface area contributed by atoms with Crippen molar-refractivity contribution in [2.75, 3.05) is 61.5 Å².